The lowest BCUT2D eigenvalue weighted by Crippen LogP contribution is -2.39. The number of halogens is 1. The third kappa shape index (κ3) is 3.87. The monoisotopic (exact) mass is 385 g/mol. The highest BCUT2D eigenvalue weighted by Crippen LogP contribution is 2.42. The van der Waals surface area contributed by atoms with Crippen LogP contribution in [0.4, 0.5) is 0 Å². The fraction of sp³-hybridized carbons (Fsp3) is 0.562. The van der Waals surface area contributed by atoms with Crippen LogP contribution in [0.5, 0.6) is 0 Å². The summed E-state index contributed by atoms with van der Waals surface area (Å²) in [6, 6.07) is 9.25. The van der Waals surface area contributed by atoms with Gasteiger partial charge in [-0.05, 0) is 43.2 Å². The highest BCUT2D eigenvalue weighted by atomic mass is 127. The van der Waals surface area contributed by atoms with Crippen LogP contribution in [-0.4, -0.2) is 25.6 Å². The van der Waals surface area contributed by atoms with E-state index < -0.39 is 0 Å². The van der Waals surface area contributed by atoms with Gasteiger partial charge in [0.05, 0.1) is 0 Å². The highest BCUT2D eigenvalue weighted by Gasteiger charge is 2.39. The first kappa shape index (κ1) is 15.6. The molecule has 0 aliphatic heterocycles. The SMILES string of the molecule is CN=C(NCC1CC1)NC1CC1c1ccccc1C.I. The number of nitrogens with one attached hydrogen (secondary N) is 2. The van der Waals surface area contributed by atoms with E-state index in [1.54, 1.807) is 0 Å². The van der Waals surface area contributed by atoms with Crippen LogP contribution < -0.4 is 10.6 Å². The predicted molar refractivity (Wildman–Crippen MR) is 95.0 cm³/mol. The Hall–Kier alpha value is -0.780. The van der Waals surface area contributed by atoms with Gasteiger partial charge in [0.2, 0.25) is 0 Å². The van der Waals surface area contributed by atoms with Crippen molar-refractivity contribution in [2.24, 2.45) is 10.9 Å². The van der Waals surface area contributed by atoms with Crippen LogP contribution in [0.3, 0.4) is 0 Å². The molecule has 20 heavy (non-hydrogen) atoms. The minimum absolute atomic E-state index is 0. The molecule has 0 saturated heterocycles. The Bertz CT molecular complexity index is 482. The number of aliphatic imine (C=N–C) groups is 1. The van der Waals surface area contributed by atoms with Crippen molar-refractivity contribution in [3.63, 3.8) is 0 Å². The van der Waals surface area contributed by atoms with E-state index >= 15 is 0 Å². The predicted octanol–water partition coefficient (Wildman–Crippen LogP) is 3.04. The van der Waals surface area contributed by atoms with E-state index in [9.17, 15) is 0 Å². The second kappa shape index (κ2) is 6.78. The molecule has 110 valence electrons. The van der Waals surface area contributed by atoms with Gasteiger partial charge < -0.3 is 10.6 Å². The average Bonchev–Trinajstić information content (AvgIpc) is 3.31. The molecule has 0 heterocycles. The van der Waals surface area contributed by atoms with Crippen LogP contribution in [0.1, 0.15) is 36.3 Å². The van der Waals surface area contributed by atoms with Gasteiger partial charge in [-0.2, -0.15) is 0 Å². The van der Waals surface area contributed by atoms with Crippen LogP contribution in [0.2, 0.25) is 0 Å². The maximum Gasteiger partial charge on any atom is 0.191 e. The van der Waals surface area contributed by atoms with Gasteiger partial charge >= 0.3 is 0 Å². The quantitative estimate of drug-likeness (QED) is 0.475. The second-order valence-corrected chi connectivity index (χ2v) is 5.85. The van der Waals surface area contributed by atoms with Crippen molar-refractivity contribution in [3.8, 4) is 0 Å². The van der Waals surface area contributed by atoms with Gasteiger partial charge in [0.15, 0.2) is 5.96 Å². The minimum Gasteiger partial charge on any atom is -0.356 e. The Kier molecular flexibility index (Phi) is 5.29. The van der Waals surface area contributed by atoms with Gasteiger partial charge in [0.25, 0.3) is 0 Å². The zero-order valence-corrected chi connectivity index (χ0v) is 14.6. The summed E-state index contributed by atoms with van der Waals surface area (Å²) in [5, 5.41) is 6.97. The van der Waals surface area contributed by atoms with Gasteiger partial charge in [-0.3, -0.25) is 4.99 Å². The van der Waals surface area contributed by atoms with Crippen LogP contribution in [0.25, 0.3) is 0 Å². The van der Waals surface area contributed by atoms with Crippen molar-refractivity contribution in [2.75, 3.05) is 13.6 Å². The molecule has 2 atom stereocenters. The molecule has 3 rings (SSSR count). The van der Waals surface area contributed by atoms with Crippen molar-refractivity contribution in [2.45, 2.75) is 38.1 Å². The summed E-state index contributed by atoms with van der Waals surface area (Å²) >= 11 is 0. The molecule has 2 aliphatic carbocycles. The molecule has 2 N–H and O–H groups in total. The summed E-state index contributed by atoms with van der Waals surface area (Å²) in [6.07, 6.45) is 3.97. The number of hydrogen-bond donors (Lipinski definition) is 2. The van der Waals surface area contributed by atoms with Crippen molar-refractivity contribution >= 4 is 29.9 Å². The van der Waals surface area contributed by atoms with Gasteiger partial charge in [-0.1, -0.05) is 24.3 Å². The van der Waals surface area contributed by atoms with Crippen molar-refractivity contribution < 1.29 is 0 Å². The maximum atomic E-state index is 4.31. The standard InChI is InChI=1S/C16H23N3.HI/c1-11-5-3-4-6-13(11)14-9-15(14)19-16(17-2)18-10-12-7-8-12;/h3-6,12,14-15H,7-10H2,1-2H3,(H2,17,18,19);1H. The Balaban J connectivity index is 0.00000147. The molecular weight excluding hydrogens is 361 g/mol. The molecule has 1 aromatic rings. The largest absolute Gasteiger partial charge is 0.356 e. The highest BCUT2D eigenvalue weighted by molar-refractivity contribution is 14.0. The smallest absolute Gasteiger partial charge is 0.191 e. The average molecular weight is 385 g/mol. The molecule has 2 aliphatic rings. The van der Waals surface area contributed by atoms with Crippen LogP contribution in [0, 0.1) is 12.8 Å². The first-order valence-electron chi connectivity index (χ1n) is 7.30. The lowest BCUT2D eigenvalue weighted by atomic mass is 10.0. The van der Waals surface area contributed by atoms with Crippen molar-refractivity contribution in [3.05, 3.63) is 35.4 Å². The molecule has 0 bridgehead atoms. The Morgan fingerprint density at radius 2 is 2.05 bits per heavy atom. The molecule has 2 fully saturated rings. The normalized spacial score (nSPS) is 24.8. The summed E-state index contributed by atoms with van der Waals surface area (Å²) in [5.74, 6) is 2.50. The van der Waals surface area contributed by atoms with E-state index in [2.05, 4.69) is 46.8 Å². The third-order valence-electron chi connectivity index (χ3n) is 4.18. The number of nitrogens with zero attached hydrogens (tertiary/aromatic N) is 1. The zero-order chi connectivity index (χ0) is 13.2. The Morgan fingerprint density at radius 1 is 1.30 bits per heavy atom. The number of rotatable bonds is 4. The Morgan fingerprint density at radius 3 is 2.70 bits per heavy atom. The first-order valence-corrected chi connectivity index (χ1v) is 7.30. The summed E-state index contributed by atoms with van der Waals surface area (Å²) in [4.78, 5) is 4.31. The summed E-state index contributed by atoms with van der Waals surface area (Å²) in [6.45, 7) is 3.27. The van der Waals surface area contributed by atoms with E-state index in [1.165, 1.54) is 30.4 Å². The molecule has 1 aromatic carbocycles. The number of guanidine groups is 1. The first-order chi connectivity index (χ1) is 9.28. The third-order valence-corrected chi connectivity index (χ3v) is 4.18. The van der Waals surface area contributed by atoms with Gasteiger partial charge in [-0.25, -0.2) is 0 Å². The van der Waals surface area contributed by atoms with E-state index in [1.807, 2.05) is 7.05 Å². The fourth-order valence-electron chi connectivity index (χ4n) is 2.63. The number of benzene rings is 1. The summed E-state index contributed by atoms with van der Waals surface area (Å²) < 4.78 is 0. The van der Waals surface area contributed by atoms with Gasteiger partial charge in [-0.15, -0.1) is 24.0 Å². The van der Waals surface area contributed by atoms with Crippen molar-refractivity contribution in [1.82, 2.24) is 10.6 Å². The summed E-state index contributed by atoms with van der Waals surface area (Å²) in [5.41, 5.74) is 2.88. The van der Waals surface area contributed by atoms with Crippen LogP contribution in [0.15, 0.2) is 29.3 Å². The van der Waals surface area contributed by atoms with E-state index in [4.69, 9.17) is 0 Å². The Labute approximate surface area is 138 Å². The molecule has 0 aromatic heterocycles. The molecular formula is C16H24IN3. The van der Waals surface area contributed by atoms with E-state index in [-0.39, 0.29) is 24.0 Å². The van der Waals surface area contributed by atoms with Gasteiger partial charge in [0, 0.05) is 25.6 Å². The maximum absolute atomic E-state index is 4.31. The molecule has 0 spiro atoms. The lowest BCUT2D eigenvalue weighted by Gasteiger charge is -2.12. The lowest BCUT2D eigenvalue weighted by molar-refractivity contribution is 0.731. The minimum atomic E-state index is 0. The van der Waals surface area contributed by atoms with E-state index in [0.29, 0.717) is 12.0 Å². The number of hydrogen-bond acceptors (Lipinski definition) is 1. The van der Waals surface area contributed by atoms with Gasteiger partial charge in [0.1, 0.15) is 0 Å². The molecule has 4 heteroatoms. The molecule has 3 nitrogen and oxygen atoms in total. The molecule has 0 amide bonds. The zero-order valence-electron chi connectivity index (χ0n) is 12.2. The topological polar surface area (TPSA) is 36.4 Å². The summed E-state index contributed by atoms with van der Waals surface area (Å²) in [7, 11) is 1.85. The molecule has 2 unspecified atom stereocenters. The molecule has 2 saturated carbocycles. The van der Waals surface area contributed by atoms with Crippen LogP contribution >= 0.6 is 24.0 Å². The number of aryl methyl sites for hydroxylation is 1. The second-order valence-electron chi connectivity index (χ2n) is 5.85. The van der Waals surface area contributed by atoms with Crippen LogP contribution in [-0.2, 0) is 0 Å². The fourth-order valence-corrected chi connectivity index (χ4v) is 2.63. The molecule has 0 radical (unpaired) electrons. The van der Waals surface area contributed by atoms with Crippen molar-refractivity contribution in [1.29, 1.82) is 0 Å². The van der Waals surface area contributed by atoms with E-state index in [0.717, 1.165) is 18.4 Å².